The van der Waals surface area contributed by atoms with E-state index >= 15 is 0 Å². The topological polar surface area (TPSA) is 25.8 Å². The van der Waals surface area contributed by atoms with Gasteiger partial charge in [0, 0.05) is 11.1 Å². The molecule has 1 heterocycles. The first kappa shape index (κ1) is 16.2. The summed E-state index contributed by atoms with van der Waals surface area (Å²) < 4.78 is 0. The van der Waals surface area contributed by atoms with Gasteiger partial charge in [-0.25, -0.2) is 4.98 Å². The summed E-state index contributed by atoms with van der Waals surface area (Å²) in [7, 11) is 0. The molecule has 26 heavy (non-hydrogen) atoms. The zero-order valence-corrected chi connectivity index (χ0v) is 15.0. The molecule has 1 aromatic heterocycles. The van der Waals surface area contributed by atoms with Crippen molar-refractivity contribution >= 4 is 0 Å². The van der Waals surface area contributed by atoms with Gasteiger partial charge in [0.25, 0.3) is 0 Å². The van der Waals surface area contributed by atoms with Crippen molar-refractivity contribution in [2.24, 2.45) is 0 Å². The van der Waals surface area contributed by atoms with Crippen molar-refractivity contribution < 1.29 is 0 Å². The zero-order chi connectivity index (χ0) is 17.9. The fraction of sp³-hybridized carbons (Fsp3) is 0.0833. The van der Waals surface area contributed by atoms with Gasteiger partial charge in [-0.1, -0.05) is 78.9 Å². The van der Waals surface area contributed by atoms with Crippen molar-refractivity contribution in [1.29, 1.82) is 0 Å². The van der Waals surface area contributed by atoms with Crippen LogP contribution in [-0.2, 0) is 0 Å². The SMILES string of the molecule is Cc1ccccc1-c1ncc(-c2ccccc2-c2ccccc2)nc1C. The van der Waals surface area contributed by atoms with Gasteiger partial charge in [0.15, 0.2) is 0 Å². The molecule has 0 atom stereocenters. The van der Waals surface area contributed by atoms with Crippen LogP contribution in [0.25, 0.3) is 33.6 Å². The molecule has 0 aliphatic rings. The molecule has 0 aliphatic carbocycles. The molecule has 3 aromatic carbocycles. The van der Waals surface area contributed by atoms with Crippen molar-refractivity contribution in [3.05, 3.63) is 96.3 Å². The Hall–Kier alpha value is -3.26. The first-order valence-corrected chi connectivity index (χ1v) is 8.78. The lowest BCUT2D eigenvalue weighted by Gasteiger charge is -2.12. The van der Waals surface area contributed by atoms with E-state index in [1.54, 1.807) is 0 Å². The van der Waals surface area contributed by atoms with Crippen LogP contribution in [0.4, 0.5) is 0 Å². The molecular weight excluding hydrogens is 316 g/mol. The molecule has 0 radical (unpaired) electrons. The Labute approximate surface area is 154 Å². The number of benzene rings is 3. The molecule has 126 valence electrons. The number of nitrogens with zero attached hydrogens (tertiary/aromatic N) is 2. The van der Waals surface area contributed by atoms with Gasteiger partial charge in [0.1, 0.15) is 0 Å². The highest BCUT2D eigenvalue weighted by Gasteiger charge is 2.12. The third-order valence-electron chi connectivity index (χ3n) is 4.63. The third-order valence-corrected chi connectivity index (χ3v) is 4.63. The smallest absolute Gasteiger partial charge is 0.0917 e. The van der Waals surface area contributed by atoms with Crippen LogP contribution in [0, 0.1) is 13.8 Å². The second-order valence-electron chi connectivity index (χ2n) is 6.42. The van der Waals surface area contributed by atoms with Crippen LogP contribution < -0.4 is 0 Å². The zero-order valence-electron chi connectivity index (χ0n) is 15.0. The van der Waals surface area contributed by atoms with Crippen LogP contribution in [0.3, 0.4) is 0 Å². The van der Waals surface area contributed by atoms with E-state index in [9.17, 15) is 0 Å². The Morgan fingerprint density at radius 1 is 0.615 bits per heavy atom. The van der Waals surface area contributed by atoms with Gasteiger partial charge in [-0.15, -0.1) is 0 Å². The van der Waals surface area contributed by atoms with Crippen LogP contribution in [0.15, 0.2) is 85.1 Å². The quantitative estimate of drug-likeness (QED) is 0.452. The van der Waals surface area contributed by atoms with E-state index in [1.165, 1.54) is 16.7 Å². The minimum absolute atomic E-state index is 0.902. The van der Waals surface area contributed by atoms with E-state index in [1.807, 2.05) is 37.4 Å². The molecule has 0 saturated heterocycles. The second kappa shape index (κ2) is 6.93. The molecule has 0 bridgehead atoms. The Bertz CT molecular complexity index is 1050. The summed E-state index contributed by atoms with van der Waals surface area (Å²) in [5.41, 5.74) is 8.60. The van der Waals surface area contributed by atoms with Gasteiger partial charge in [-0.2, -0.15) is 0 Å². The van der Waals surface area contributed by atoms with E-state index in [-0.39, 0.29) is 0 Å². The van der Waals surface area contributed by atoms with Gasteiger partial charge < -0.3 is 0 Å². The van der Waals surface area contributed by atoms with E-state index in [2.05, 4.69) is 61.5 Å². The van der Waals surface area contributed by atoms with Crippen LogP contribution in [0.2, 0.25) is 0 Å². The van der Waals surface area contributed by atoms with Crippen LogP contribution in [0.1, 0.15) is 11.3 Å². The van der Waals surface area contributed by atoms with Crippen molar-refractivity contribution in [1.82, 2.24) is 9.97 Å². The lowest BCUT2D eigenvalue weighted by atomic mass is 9.97. The maximum absolute atomic E-state index is 4.88. The highest BCUT2D eigenvalue weighted by Crippen LogP contribution is 2.32. The summed E-state index contributed by atoms with van der Waals surface area (Å²) in [6.45, 7) is 4.14. The summed E-state index contributed by atoms with van der Waals surface area (Å²) in [4.78, 5) is 9.64. The van der Waals surface area contributed by atoms with Crippen LogP contribution >= 0.6 is 0 Å². The van der Waals surface area contributed by atoms with Gasteiger partial charge in [0.05, 0.1) is 23.3 Å². The summed E-state index contributed by atoms with van der Waals surface area (Å²) in [5.74, 6) is 0. The number of hydrogen-bond acceptors (Lipinski definition) is 2. The first-order valence-electron chi connectivity index (χ1n) is 8.78. The van der Waals surface area contributed by atoms with Gasteiger partial charge in [-0.05, 0) is 30.5 Å². The van der Waals surface area contributed by atoms with Crippen LogP contribution in [-0.4, -0.2) is 9.97 Å². The van der Waals surface area contributed by atoms with Crippen molar-refractivity contribution in [3.63, 3.8) is 0 Å². The summed E-state index contributed by atoms with van der Waals surface area (Å²) in [5, 5.41) is 0. The normalized spacial score (nSPS) is 10.7. The monoisotopic (exact) mass is 336 g/mol. The van der Waals surface area contributed by atoms with E-state index in [4.69, 9.17) is 9.97 Å². The van der Waals surface area contributed by atoms with Crippen molar-refractivity contribution in [3.8, 4) is 33.6 Å². The second-order valence-corrected chi connectivity index (χ2v) is 6.42. The highest BCUT2D eigenvalue weighted by molar-refractivity contribution is 5.82. The predicted molar refractivity (Wildman–Crippen MR) is 108 cm³/mol. The molecule has 2 nitrogen and oxygen atoms in total. The van der Waals surface area contributed by atoms with Crippen molar-refractivity contribution in [2.45, 2.75) is 13.8 Å². The Kier molecular flexibility index (Phi) is 4.32. The summed E-state index contributed by atoms with van der Waals surface area (Å²) in [6.07, 6.45) is 1.89. The molecule has 0 spiro atoms. The average Bonchev–Trinajstić information content (AvgIpc) is 2.69. The van der Waals surface area contributed by atoms with Crippen molar-refractivity contribution in [2.75, 3.05) is 0 Å². The Balaban J connectivity index is 1.82. The average molecular weight is 336 g/mol. The van der Waals surface area contributed by atoms with Gasteiger partial charge in [0.2, 0.25) is 0 Å². The van der Waals surface area contributed by atoms with Gasteiger partial charge >= 0.3 is 0 Å². The molecule has 0 aliphatic heterocycles. The third kappa shape index (κ3) is 3.02. The van der Waals surface area contributed by atoms with Gasteiger partial charge in [-0.3, -0.25) is 4.98 Å². The fourth-order valence-electron chi connectivity index (χ4n) is 3.29. The first-order chi connectivity index (χ1) is 12.7. The summed E-state index contributed by atoms with van der Waals surface area (Å²) >= 11 is 0. The fourth-order valence-corrected chi connectivity index (χ4v) is 3.29. The van der Waals surface area contributed by atoms with E-state index in [0.717, 1.165) is 28.2 Å². The minimum Gasteiger partial charge on any atom is -0.252 e. The predicted octanol–water partition coefficient (Wildman–Crippen LogP) is 6.09. The molecular formula is C24H20N2. The number of aromatic nitrogens is 2. The molecule has 0 unspecified atom stereocenters. The molecule has 0 fully saturated rings. The largest absolute Gasteiger partial charge is 0.252 e. The maximum atomic E-state index is 4.88. The Morgan fingerprint density at radius 3 is 1.92 bits per heavy atom. The minimum atomic E-state index is 0.902. The molecule has 0 saturated carbocycles. The molecule has 4 rings (SSSR count). The molecule has 0 amide bonds. The molecule has 0 N–H and O–H groups in total. The standard InChI is InChI=1S/C24H20N2/c1-17-10-6-7-13-20(17)24-18(2)26-23(16-25-24)22-15-9-8-14-21(22)19-11-4-3-5-12-19/h3-16H,1-2H3. The summed E-state index contributed by atoms with van der Waals surface area (Å²) in [6, 6.07) is 27.1. The molecule has 2 heteroatoms. The van der Waals surface area contributed by atoms with E-state index in [0.29, 0.717) is 0 Å². The lowest BCUT2D eigenvalue weighted by molar-refractivity contribution is 1.12. The lowest BCUT2D eigenvalue weighted by Crippen LogP contribution is -1.97. The number of hydrogen-bond donors (Lipinski definition) is 0. The number of rotatable bonds is 3. The molecule has 4 aromatic rings. The van der Waals surface area contributed by atoms with E-state index < -0.39 is 0 Å². The van der Waals surface area contributed by atoms with Crippen LogP contribution in [0.5, 0.6) is 0 Å². The Morgan fingerprint density at radius 2 is 1.23 bits per heavy atom. The highest BCUT2D eigenvalue weighted by atomic mass is 14.8. The maximum Gasteiger partial charge on any atom is 0.0917 e. The number of aryl methyl sites for hydroxylation is 2.